The first kappa shape index (κ1) is 18.9. The van der Waals surface area contributed by atoms with Gasteiger partial charge in [0.2, 0.25) is 0 Å². The Morgan fingerprint density at radius 1 is 1.30 bits per heavy atom. The highest BCUT2D eigenvalue weighted by molar-refractivity contribution is 6.09. The molecule has 0 fully saturated rings. The molecule has 0 aliphatic rings. The minimum Gasteiger partial charge on any atom is -0.507 e. The summed E-state index contributed by atoms with van der Waals surface area (Å²) in [6.45, 7) is 4.49. The van der Waals surface area contributed by atoms with E-state index in [2.05, 4.69) is 4.98 Å². The minimum atomic E-state index is -0.364. The Morgan fingerprint density at radius 2 is 1.96 bits per heavy atom. The number of nitrogens with zero attached hydrogens (tertiary/aromatic N) is 3. The number of aryl methyl sites for hydroxylation is 1. The molecule has 6 heteroatoms. The summed E-state index contributed by atoms with van der Waals surface area (Å²) in [5, 5.41) is 11.9. The molecule has 6 nitrogen and oxygen atoms in total. The number of hydrogen-bond donors (Lipinski definition) is 1. The Kier molecular flexibility index (Phi) is 5.19. The molecular formula is C21H25N3O3. The lowest BCUT2D eigenvalue weighted by atomic mass is 9.96. The van der Waals surface area contributed by atoms with Gasteiger partial charge in [-0.3, -0.25) is 4.98 Å². The molecule has 0 bridgehead atoms. The van der Waals surface area contributed by atoms with Crippen molar-refractivity contribution in [3.8, 4) is 16.9 Å². The summed E-state index contributed by atoms with van der Waals surface area (Å²) in [5.74, 6) is -0.185. The number of esters is 1. The Bertz CT molecular complexity index is 991. The van der Waals surface area contributed by atoms with E-state index >= 15 is 0 Å². The molecule has 3 rings (SSSR count). The number of pyridine rings is 1. The van der Waals surface area contributed by atoms with E-state index in [1.54, 1.807) is 19.3 Å². The van der Waals surface area contributed by atoms with E-state index in [1.165, 1.54) is 0 Å². The van der Waals surface area contributed by atoms with E-state index in [0.29, 0.717) is 18.7 Å². The van der Waals surface area contributed by atoms with Crippen molar-refractivity contribution in [3.05, 3.63) is 47.4 Å². The van der Waals surface area contributed by atoms with Crippen molar-refractivity contribution >= 4 is 16.9 Å². The van der Waals surface area contributed by atoms with E-state index in [1.807, 2.05) is 55.7 Å². The number of ether oxygens (including phenoxy) is 1. The summed E-state index contributed by atoms with van der Waals surface area (Å²) in [7, 11) is 5.79. The lowest BCUT2D eigenvalue weighted by molar-refractivity contribution is 0.0527. The number of hydrogen-bond acceptors (Lipinski definition) is 5. The molecule has 0 saturated carbocycles. The summed E-state index contributed by atoms with van der Waals surface area (Å²) in [6.07, 6.45) is 3.40. The molecule has 142 valence electrons. The lowest BCUT2D eigenvalue weighted by Crippen LogP contribution is -2.13. The van der Waals surface area contributed by atoms with E-state index in [0.717, 1.165) is 33.3 Å². The molecule has 1 aromatic carbocycles. The third kappa shape index (κ3) is 3.28. The van der Waals surface area contributed by atoms with Crippen LogP contribution in [0.3, 0.4) is 0 Å². The molecule has 3 aromatic rings. The average Bonchev–Trinajstić information content (AvgIpc) is 2.89. The van der Waals surface area contributed by atoms with Crippen LogP contribution in [0, 0.1) is 6.92 Å². The molecule has 0 aliphatic heterocycles. The molecule has 0 radical (unpaired) electrons. The van der Waals surface area contributed by atoms with Gasteiger partial charge in [0.25, 0.3) is 0 Å². The summed E-state index contributed by atoms with van der Waals surface area (Å²) in [4.78, 5) is 18.7. The number of carbonyl (C=O) groups excluding carboxylic acids is 1. The summed E-state index contributed by atoms with van der Waals surface area (Å²) in [5.41, 5.74) is 4.53. The van der Waals surface area contributed by atoms with Crippen molar-refractivity contribution in [2.24, 2.45) is 7.05 Å². The third-order valence-electron chi connectivity index (χ3n) is 4.80. The van der Waals surface area contributed by atoms with Crippen molar-refractivity contribution in [1.29, 1.82) is 0 Å². The molecule has 0 aliphatic carbocycles. The number of rotatable bonds is 5. The van der Waals surface area contributed by atoms with Crippen molar-refractivity contribution in [2.75, 3.05) is 20.7 Å². The van der Waals surface area contributed by atoms with Gasteiger partial charge in [-0.05, 0) is 51.7 Å². The molecule has 2 heterocycles. The highest BCUT2D eigenvalue weighted by Crippen LogP contribution is 2.41. The van der Waals surface area contributed by atoms with Crippen LogP contribution < -0.4 is 0 Å². The van der Waals surface area contributed by atoms with Crippen LogP contribution in [0.4, 0.5) is 0 Å². The van der Waals surface area contributed by atoms with Gasteiger partial charge in [0.15, 0.2) is 0 Å². The molecule has 0 saturated heterocycles. The zero-order chi connectivity index (χ0) is 19.7. The molecule has 27 heavy (non-hydrogen) atoms. The normalized spacial score (nSPS) is 11.3. The van der Waals surface area contributed by atoms with Crippen molar-refractivity contribution in [3.63, 3.8) is 0 Å². The fourth-order valence-corrected chi connectivity index (χ4v) is 3.46. The van der Waals surface area contributed by atoms with Crippen LogP contribution in [0.15, 0.2) is 30.6 Å². The summed E-state index contributed by atoms with van der Waals surface area (Å²) >= 11 is 0. The van der Waals surface area contributed by atoms with Gasteiger partial charge in [-0.15, -0.1) is 0 Å². The monoisotopic (exact) mass is 367 g/mol. The van der Waals surface area contributed by atoms with E-state index < -0.39 is 0 Å². The SMILES string of the molecule is CCOC(=O)c1c(C)n(C)c2cc(-c3ccncc3)c(O)c(CN(C)C)c12. The topological polar surface area (TPSA) is 67.6 Å². The van der Waals surface area contributed by atoms with Crippen molar-refractivity contribution < 1.29 is 14.6 Å². The van der Waals surface area contributed by atoms with Gasteiger partial charge in [-0.25, -0.2) is 4.79 Å². The van der Waals surface area contributed by atoms with Crippen LogP contribution in [0.25, 0.3) is 22.0 Å². The second kappa shape index (κ2) is 7.40. The zero-order valence-electron chi connectivity index (χ0n) is 16.4. The van der Waals surface area contributed by atoms with Gasteiger partial charge in [-0.2, -0.15) is 0 Å². The van der Waals surface area contributed by atoms with Gasteiger partial charge in [0.05, 0.1) is 17.7 Å². The van der Waals surface area contributed by atoms with Gasteiger partial charge in [0.1, 0.15) is 5.75 Å². The summed E-state index contributed by atoms with van der Waals surface area (Å²) in [6, 6.07) is 5.65. The average molecular weight is 367 g/mol. The number of carbonyl (C=O) groups is 1. The predicted octanol–water partition coefficient (Wildman–Crippen LogP) is 3.49. The quantitative estimate of drug-likeness (QED) is 0.699. The standard InChI is InChI=1S/C21H25N3O3/c1-6-27-21(26)18-13(2)24(5)17-11-15(14-7-9-22-10-8-14)20(25)16(19(17)18)12-23(3)4/h7-11,25H,6,12H2,1-5H3. The molecule has 0 atom stereocenters. The van der Waals surface area contributed by atoms with Crippen LogP contribution in [0.5, 0.6) is 5.75 Å². The Balaban J connectivity index is 2.40. The van der Waals surface area contributed by atoms with E-state index in [-0.39, 0.29) is 11.7 Å². The van der Waals surface area contributed by atoms with Crippen molar-refractivity contribution in [1.82, 2.24) is 14.5 Å². The van der Waals surface area contributed by atoms with Gasteiger partial charge < -0.3 is 19.3 Å². The predicted molar refractivity (Wildman–Crippen MR) is 106 cm³/mol. The smallest absolute Gasteiger partial charge is 0.340 e. The number of benzene rings is 1. The van der Waals surface area contributed by atoms with E-state index in [9.17, 15) is 9.90 Å². The number of phenolic OH excluding ortho intramolecular Hbond substituents is 1. The highest BCUT2D eigenvalue weighted by Gasteiger charge is 2.26. The van der Waals surface area contributed by atoms with Gasteiger partial charge in [-0.1, -0.05) is 0 Å². The first-order valence-electron chi connectivity index (χ1n) is 8.92. The second-order valence-corrected chi connectivity index (χ2v) is 6.86. The molecule has 0 spiro atoms. The number of aromatic hydroxyl groups is 1. The van der Waals surface area contributed by atoms with Crippen LogP contribution in [-0.2, 0) is 18.3 Å². The molecule has 0 amide bonds. The first-order chi connectivity index (χ1) is 12.9. The van der Waals surface area contributed by atoms with Crippen LogP contribution in [0.1, 0.15) is 28.5 Å². The highest BCUT2D eigenvalue weighted by atomic mass is 16.5. The third-order valence-corrected chi connectivity index (χ3v) is 4.80. The fourth-order valence-electron chi connectivity index (χ4n) is 3.46. The Morgan fingerprint density at radius 3 is 2.56 bits per heavy atom. The largest absolute Gasteiger partial charge is 0.507 e. The Labute approximate surface area is 159 Å². The maximum Gasteiger partial charge on any atom is 0.340 e. The van der Waals surface area contributed by atoms with Crippen molar-refractivity contribution in [2.45, 2.75) is 20.4 Å². The lowest BCUT2D eigenvalue weighted by Gasteiger charge is -2.17. The number of aromatic nitrogens is 2. The zero-order valence-corrected chi connectivity index (χ0v) is 16.4. The minimum absolute atomic E-state index is 0.179. The van der Waals surface area contributed by atoms with Crippen LogP contribution >= 0.6 is 0 Å². The van der Waals surface area contributed by atoms with Crippen LogP contribution in [0.2, 0.25) is 0 Å². The Hall–Kier alpha value is -2.86. The molecule has 0 unspecified atom stereocenters. The van der Waals surface area contributed by atoms with Gasteiger partial charge >= 0.3 is 5.97 Å². The number of phenols is 1. The summed E-state index contributed by atoms with van der Waals surface area (Å²) < 4.78 is 7.27. The molecular weight excluding hydrogens is 342 g/mol. The maximum atomic E-state index is 12.7. The number of fused-ring (bicyclic) bond motifs is 1. The maximum absolute atomic E-state index is 12.7. The first-order valence-corrected chi connectivity index (χ1v) is 8.92. The van der Waals surface area contributed by atoms with Gasteiger partial charge in [0, 0.05) is 48.2 Å². The fraction of sp³-hybridized carbons (Fsp3) is 0.333. The van der Waals surface area contributed by atoms with Crippen LogP contribution in [-0.4, -0.2) is 46.2 Å². The molecule has 1 N–H and O–H groups in total. The molecule has 2 aromatic heterocycles. The second-order valence-electron chi connectivity index (χ2n) is 6.86. The van der Waals surface area contributed by atoms with E-state index in [4.69, 9.17) is 4.74 Å².